The van der Waals surface area contributed by atoms with E-state index in [9.17, 15) is 0 Å². The molecule has 55 heavy (non-hydrogen) atoms. The van der Waals surface area contributed by atoms with E-state index in [1.807, 2.05) is 36.4 Å². The predicted molar refractivity (Wildman–Crippen MR) is 227 cm³/mol. The van der Waals surface area contributed by atoms with Gasteiger partial charge in [0.2, 0.25) is 0 Å². The summed E-state index contributed by atoms with van der Waals surface area (Å²) in [4.78, 5) is 7.62. The molecular formula is C50H29N5. The lowest BCUT2D eigenvalue weighted by atomic mass is 10.0. The molecule has 0 bridgehead atoms. The summed E-state index contributed by atoms with van der Waals surface area (Å²) in [6.45, 7) is 15.7. The first kappa shape index (κ1) is 30.7. The molecule has 0 unspecified atom stereocenters. The van der Waals surface area contributed by atoms with Crippen LogP contribution in [0.1, 0.15) is 0 Å². The number of para-hydroxylation sites is 4. The molecule has 5 nitrogen and oxygen atoms in total. The standard InChI is InChI=1S/C50H29N5/c1-51-33-26-28-46(55-44-21-9-5-17-38(44)39-27-25-34(52-2)31-49(39)55)41(30-33)32-13-11-14-35(29-32)53-45-22-10-6-18-40(45)50-47(53)23-12-24-48(50)54-42-19-7-3-15-36(42)37-16-4-8-20-43(37)54/h3-31H. The van der Waals surface area contributed by atoms with Crippen molar-refractivity contribution in [3.8, 4) is 28.2 Å². The summed E-state index contributed by atoms with van der Waals surface area (Å²) in [7, 11) is 0. The number of fused-ring (bicyclic) bond motifs is 9. The molecule has 8 aromatic carbocycles. The van der Waals surface area contributed by atoms with Gasteiger partial charge in [0.05, 0.1) is 52.1 Å². The second-order valence-electron chi connectivity index (χ2n) is 13.9. The van der Waals surface area contributed by atoms with Gasteiger partial charge in [-0.1, -0.05) is 109 Å². The molecule has 0 atom stereocenters. The van der Waals surface area contributed by atoms with Gasteiger partial charge in [-0.15, -0.1) is 0 Å². The second-order valence-corrected chi connectivity index (χ2v) is 13.9. The van der Waals surface area contributed by atoms with Crippen molar-refractivity contribution < 1.29 is 0 Å². The van der Waals surface area contributed by atoms with Crippen molar-refractivity contribution in [2.24, 2.45) is 0 Å². The van der Waals surface area contributed by atoms with E-state index in [1.54, 1.807) is 0 Å². The molecule has 11 rings (SSSR count). The van der Waals surface area contributed by atoms with Crippen LogP contribution >= 0.6 is 0 Å². The molecule has 0 fully saturated rings. The van der Waals surface area contributed by atoms with Crippen LogP contribution in [-0.2, 0) is 0 Å². The largest absolute Gasteiger partial charge is 0.310 e. The molecule has 11 aromatic rings. The molecule has 0 aliphatic rings. The first-order valence-electron chi connectivity index (χ1n) is 18.3. The van der Waals surface area contributed by atoms with Crippen LogP contribution in [0.25, 0.3) is 103 Å². The third-order valence-electron chi connectivity index (χ3n) is 11.0. The molecule has 0 saturated carbocycles. The van der Waals surface area contributed by atoms with Crippen molar-refractivity contribution in [3.63, 3.8) is 0 Å². The third kappa shape index (κ3) is 4.45. The monoisotopic (exact) mass is 699 g/mol. The highest BCUT2D eigenvalue weighted by Crippen LogP contribution is 2.42. The quantitative estimate of drug-likeness (QED) is 0.163. The highest BCUT2D eigenvalue weighted by Gasteiger charge is 2.21. The maximum atomic E-state index is 7.96. The van der Waals surface area contributed by atoms with Crippen molar-refractivity contribution in [3.05, 3.63) is 199 Å². The fourth-order valence-electron chi connectivity index (χ4n) is 8.77. The summed E-state index contributed by atoms with van der Waals surface area (Å²) in [5.74, 6) is 0. The van der Waals surface area contributed by atoms with Gasteiger partial charge in [-0.25, -0.2) is 9.69 Å². The van der Waals surface area contributed by atoms with Crippen LogP contribution in [-0.4, -0.2) is 13.7 Å². The Morgan fingerprint density at radius 3 is 1.51 bits per heavy atom. The SMILES string of the molecule is [C-]#[N+]c1ccc(-n2c3ccccc3c3ccc([N+]#[C-])cc32)c(-c2cccc(-n3c4ccccc4c4c(-n5c6ccccc6c6ccccc65)cccc43)c2)c1. The zero-order valence-corrected chi connectivity index (χ0v) is 29.5. The molecule has 0 aliphatic heterocycles. The molecule has 0 radical (unpaired) electrons. The molecule has 0 aliphatic carbocycles. The first-order valence-corrected chi connectivity index (χ1v) is 18.3. The zero-order valence-electron chi connectivity index (χ0n) is 29.5. The molecule has 254 valence electrons. The Bertz CT molecular complexity index is 3420. The fourth-order valence-corrected chi connectivity index (χ4v) is 8.77. The number of nitrogens with zero attached hydrogens (tertiary/aromatic N) is 5. The molecule has 5 heteroatoms. The van der Waals surface area contributed by atoms with Gasteiger partial charge >= 0.3 is 0 Å². The van der Waals surface area contributed by atoms with E-state index in [-0.39, 0.29) is 0 Å². The average molecular weight is 700 g/mol. The van der Waals surface area contributed by atoms with E-state index in [4.69, 9.17) is 13.1 Å². The van der Waals surface area contributed by atoms with Crippen LogP contribution in [0, 0.1) is 13.1 Å². The van der Waals surface area contributed by atoms with Gasteiger partial charge in [0.15, 0.2) is 11.4 Å². The van der Waals surface area contributed by atoms with E-state index >= 15 is 0 Å². The Kier molecular flexibility index (Phi) is 6.61. The van der Waals surface area contributed by atoms with Gasteiger partial charge < -0.3 is 13.7 Å². The minimum Gasteiger partial charge on any atom is -0.310 e. The summed E-state index contributed by atoms with van der Waals surface area (Å²) in [5, 5.41) is 7.03. The van der Waals surface area contributed by atoms with Crippen molar-refractivity contribution >= 4 is 76.8 Å². The molecule has 0 spiro atoms. The average Bonchev–Trinajstić information content (AvgIpc) is 3.89. The minimum absolute atomic E-state index is 0.569. The Balaban J connectivity index is 1.17. The van der Waals surface area contributed by atoms with Crippen LogP contribution in [0.2, 0.25) is 0 Å². The maximum Gasteiger partial charge on any atom is 0.189 e. The lowest BCUT2D eigenvalue weighted by molar-refractivity contribution is 1.16. The van der Waals surface area contributed by atoms with Gasteiger partial charge in [0, 0.05) is 43.5 Å². The topological polar surface area (TPSA) is 23.5 Å². The molecule has 0 N–H and O–H groups in total. The number of aromatic nitrogens is 3. The molecular weight excluding hydrogens is 671 g/mol. The van der Waals surface area contributed by atoms with Crippen LogP contribution in [0.3, 0.4) is 0 Å². The smallest absolute Gasteiger partial charge is 0.189 e. The Morgan fingerprint density at radius 2 is 0.855 bits per heavy atom. The zero-order chi connectivity index (χ0) is 36.6. The van der Waals surface area contributed by atoms with E-state index in [2.05, 4.69) is 163 Å². The predicted octanol–water partition coefficient (Wildman–Crippen LogP) is 13.7. The number of hydrogen-bond donors (Lipinski definition) is 0. The highest BCUT2D eigenvalue weighted by atomic mass is 15.0. The van der Waals surface area contributed by atoms with E-state index < -0.39 is 0 Å². The van der Waals surface area contributed by atoms with Gasteiger partial charge in [0.25, 0.3) is 0 Å². The lowest BCUT2D eigenvalue weighted by Crippen LogP contribution is -1.99. The van der Waals surface area contributed by atoms with Crippen molar-refractivity contribution in [2.75, 3.05) is 0 Å². The van der Waals surface area contributed by atoms with Crippen LogP contribution in [0.4, 0.5) is 11.4 Å². The van der Waals surface area contributed by atoms with Crippen LogP contribution < -0.4 is 0 Å². The summed E-state index contributed by atoms with van der Waals surface area (Å²) in [6.07, 6.45) is 0. The van der Waals surface area contributed by atoms with Gasteiger partial charge in [-0.05, 0) is 77.9 Å². The lowest BCUT2D eigenvalue weighted by Gasteiger charge is -2.16. The summed E-state index contributed by atoms with van der Waals surface area (Å²) < 4.78 is 7.02. The normalized spacial score (nSPS) is 11.6. The van der Waals surface area contributed by atoms with Crippen LogP contribution in [0.5, 0.6) is 0 Å². The second kappa shape index (κ2) is 11.8. The molecule has 0 saturated heterocycles. The Morgan fingerprint density at radius 1 is 0.345 bits per heavy atom. The first-order chi connectivity index (χ1) is 27.2. The molecule has 3 aromatic heterocycles. The van der Waals surface area contributed by atoms with Crippen molar-refractivity contribution in [2.45, 2.75) is 0 Å². The van der Waals surface area contributed by atoms with Gasteiger partial charge in [-0.2, -0.15) is 0 Å². The summed E-state index contributed by atoms with van der Waals surface area (Å²) in [6, 6.07) is 61.5. The Labute approximate surface area is 316 Å². The highest BCUT2D eigenvalue weighted by molar-refractivity contribution is 6.16. The van der Waals surface area contributed by atoms with Crippen molar-refractivity contribution in [1.82, 2.24) is 13.7 Å². The summed E-state index contributed by atoms with van der Waals surface area (Å²) >= 11 is 0. The van der Waals surface area contributed by atoms with E-state index in [0.717, 1.165) is 61.0 Å². The van der Waals surface area contributed by atoms with Crippen LogP contribution in [0.15, 0.2) is 176 Å². The van der Waals surface area contributed by atoms with E-state index in [1.165, 1.54) is 32.6 Å². The number of benzene rings is 8. The number of rotatable bonds is 4. The van der Waals surface area contributed by atoms with Gasteiger partial charge in [-0.3, -0.25) is 0 Å². The third-order valence-corrected chi connectivity index (χ3v) is 11.0. The maximum absolute atomic E-state index is 7.96. The summed E-state index contributed by atoms with van der Waals surface area (Å²) in [5.41, 5.74) is 12.8. The number of hydrogen-bond acceptors (Lipinski definition) is 0. The Hall–Kier alpha value is -7.86. The molecule has 3 heterocycles. The van der Waals surface area contributed by atoms with Crippen molar-refractivity contribution in [1.29, 1.82) is 0 Å². The minimum atomic E-state index is 0.569. The van der Waals surface area contributed by atoms with E-state index in [0.29, 0.717) is 11.4 Å². The molecule has 0 amide bonds. The fraction of sp³-hybridized carbons (Fsp3) is 0. The van der Waals surface area contributed by atoms with Gasteiger partial charge in [0.1, 0.15) is 0 Å².